The minimum Gasteiger partial charge on any atom is -0.0839 e. The molecule has 0 amide bonds. The van der Waals surface area contributed by atoms with E-state index in [1.54, 1.807) is 11.1 Å². The molecule has 0 heteroatoms. The van der Waals surface area contributed by atoms with E-state index >= 15 is 0 Å². The van der Waals surface area contributed by atoms with E-state index in [4.69, 9.17) is 0 Å². The van der Waals surface area contributed by atoms with E-state index in [0.717, 1.165) is 38.5 Å². The third-order valence-corrected chi connectivity index (χ3v) is 14.1. The van der Waals surface area contributed by atoms with Crippen LogP contribution in [0.2, 0.25) is 0 Å². The first kappa shape index (κ1) is 34.5. The molecular weight excluding hydrogens is 709 g/mol. The van der Waals surface area contributed by atoms with Crippen LogP contribution in [0.4, 0.5) is 0 Å². The molecule has 0 fully saturated rings. The van der Waals surface area contributed by atoms with Crippen LogP contribution in [0.1, 0.15) is 72.9 Å². The summed E-state index contributed by atoms with van der Waals surface area (Å²) in [6, 6.07) is 55.6. The molecule has 8 aromatic rings. The van der Waals surface area contributed by atoms with E-state index in [0.29, 0.717) is 0 Å². The molecule has 0 unspecified atom stereocenters. The summed E-state index contributed by atoms with van der Waals surface area (Å²) in [5.74, 6) is 0. The Bertz CT molecular complexity index is 3160. The zero-order chi connectivity index (χ0) is 39.2. The van der Waals surface area contributed by atoms with Gasteiger partial charge in [0, 0.05) is 5.41 Å². The van der Waals surface area contributed by atoms with Crippen molar-refractivity contribution in [3.63, 3.8) is 0 Å². The molecule has 0 N–H and O–H groups in total. The summed E-state index contributed by atoms with van der Waals surface area (Å²) >= 11 is 0. The number of aryl methyl sites for hydroxylation is 1. The number of hydrogen-bond acceptors (Lipinski definition) is 0. The first-order chi connectivity index (χ1) is 29.0. The predicted octanol–water partition coefficient (Wildman–Crippen LogP) is 16.0. The van der Waals surface area contributed by atoms with E-state index in [9.17, 15) is 0 Å². The quantitative estimate of drug-likeness (QED) is 0.168. The first-order valence-corrected chi connectivity index (χ1v) is 21.6. The Labute approximate surface area is 347 Å². The van der Waals surface area contributed by atoms with E-state index in [2.05, 4.69) is 184 Å². The largest absolute Gasteiger partial charge is 0.0839 e. The predicted molar refractivity (Wildman–Crippen MR) is 252 cm³/mol. The minimum absolute atomic E-state index is 0.139. The molecule has 59 heavy (non-hydrogen) atoms. The molecule has 0 saturated carbocycles. The van der Waals surface area contributed by atoms with Gasteiger partial charge in [-0.25, -0.2) is 0 Å². The summed E-state index contributed by atoms with van der Waals surface area (Å²) in [6.45, 7) is 4.82. The highest BCUT2D eigenvalue weighted by Gasteiger charge is 2.36. The van der Waals surface area contributed by atoms with Crippen LogP contribution >= 0.6 is 0 Å². The highest BCUT2D eigenvalue weighted by atomic mass is 14.4. The van der Waals surface area contributed by atoms with Gasteiger partial charge in [-0.15, -0.1) is 0 Å². The molecular formula is C59H46. The molecule has 0 heterocycles. The zero-order valence-electron chi connectivity index (χ0n) is 33.9. The fourth-order valence-electron chi connectivity index (χ4n) is 11.0. The maximum Gasteiger partial charge on any atom is 0.0159 e. The van der Waals surface area contributed by atoms with Crippen molar-refractivity contribution >= 4 is 33.2 Å². The van der Waals surface area contributed by atoms with Gasteiger partial charge >= 0.3 is 0 Å². The van der Waals surface area contributed by atoms with Crippen molar-refractivity contribution in [3.05, 3.63) is 203 Å². The first-order valence-electron chi connectivity index (χ1n) is 21.6. The Morgan fingerprint density at radius 1 is 0.424 bits per heavy atom. The molecule has 12 rings (SSSR count). The fourth-order valence-corrected chi connectivity index (χ4v) is 11.0. The molecule has 0 bridgehead atoms. The van der Waals surface area contributed by atoms with Crippen LogP contribution in [0.15, 0.2) is 169 Å². The molecule has 0 saturated heterocycles. The average Bonchev–Trinajstić information content (AvgIpc) is 3.52. The van der Waals surface area contributed by atoms with Crippen LogP contribution in [-0.2, 0) is 18.3 Å². The molecule has 0 atom stereocenters. The number of fused-ring (bicyclic) bond motifs is 10. The lowest BCUT2D eigenvalue weighted by molar-refractivity contribution is 0.661. The van der Waals surface area contributed by atoms with Crippen molar-refractivity contribution in [2.45, 2.75) is 57.8 Å². The second-order valence-corrected chi connectivity index (χ2v) is 17.8. The fraction of sp³-hybridized carbons (Fsp3) is 0.153. The Balaban J connectivity index is 1.00. The molecule has 0 spiro atoms. The standard InChI is InChI=1S/C59H46/c1-59(2)55-35-43(42-24-20-38-14-6-7-16-41(38)30-42)26-28-51(55)52-29-27-44(36-56(52)59)47-31-46(37-12-4-3-5-13-37)32-48(33-47)54-34-45-25-23-40-22-21-39-15-8-9-17-49(39)57(40)58(45)53-19-11-10-18-50(53)54/h3-8,11-16,19-20,23-36H,9-10,17-18,21-22H2,1-2H3. The van der Waals surface area contributed by atoms with Gasteiger partial charge in [0.05, 0.1) is 0 Å². The van der Waals surface area contributed by atoms with Crippen molar-refractivity contribution in [1.82, 2.24) is 0 Å². The number of benzene rings is 8. The van der Waals surface area contributed by atoms with Crippen molar-refractivity contribution in [1.29, 1.82) is 0 Å². The lowest BCUT2D eigenvalue weighted by Gasteiger charge is -2.28. The van der Waals surface area contributed by atoms with Gasteiger partial charge < -0.3 is 0 Å². The van der Waals surface area contributed by atoms with E-state index in [1.807, 2.05) is 0 Å². The number of allylic oxidation sites excluding steroid dienone is 5. The average molecular weight is 755 g/mol. The van der Waals surface area contributed by atoms with Gasteiger partial charge in [-0.1, -0.05) is 141 Å². The molecule has 4 aliphatic carbocycles. The van der Waals surface area contributed by atoms with Crippen molar-refractivity contribution in [3.8, 4) is 55.6 Å². The van der Waals surface area contributed by atoms with Gasteiger partial charge in [0.25, 0.3) is 0 Å². The van der Waals surface area contributed by atoms with Crippen molar-refractivity contribution in [2.75, 3.05) is 0 Å². The van der Waals surface area contributed by atoms with Crippen LogP contribution in [-0.4, -0.2) is 0 Å². The molecule has 8 aromatic carbocycles. The van der Waals surface area contributed by atoms with Crippen LogP contribution in [0.25, 0.3) is 88.8 Å². The van der Waals surface area contributed by atoms with Gasteiger partial charge in [0.15, 0.2) is 0 Å². The lowest BCUT2D eigenvalue weighted by Crippen LogP contribution is -2.15. The molecule has 0 aromatic heterocycles. The summed E-state index contributed by atoms with van der Waals surface area (Å²) in [6.07, 6.45) is 16.4. The van der Waals surface area contributed by atoms with E-state index in [-0.39, 0.29) is 5.41 Å². The van der Waals surface area contributed by atoms with E-state index in [1.165, 1.54) is 111 Å². The summed E-state index contributed by atoms with van der Waals surface area (Å²) in [5.41, 5.74) is 24.8. The monoisotopic (exact) mass is 754 g/mol. The smallest absolute Gasteiger partial charge is 0.0159 e. The maximum absolute atomic E-state index is 2.53. The van der Waals surface area contributed by atoms with Crippen molar-refractivity contribution in [2.24, 2.45) is 0 Å². The Kier molecular flexibility index (Phi) is 7.76. The summed E-state index contributed by atoms with van der Waals surface area (Å²) in [4.78, 5) is 0. The molecule has 282 valence electrons. The van der Waals surface area contributed by atoms with E-state index < -0.39 is 0 Å². The maximum atomic E-state index is 2.53. The highest BCUT2D eigenvalue weighted by Crippen LogP contribution is 2.52. The third-order valence-electron chi connectivity index (χ3n) is 14.1. The van der Waals surface area contributed by atoms with Gasteiger partial charge in [-0.2, -0.15) is 0 Å². The number of hydrogen-bond donors (Lipinski definition) is 0. The van der Waals surface area contributed by atoms with Crippen LogP contribution in [0.5, 0.6) is 0 Å². The van der Waals surface area contributed by atoms with Gasteiger partial charge in [0.2, 0.25) is 0 Å². The second kappa shape index (κ2) is 13.3. The number of rotatable bonds is 4. The molecule has 0 nitrogen and oxygen atoms in total. The van der Waals surface area contributed by atoms with Gasteiger partial charge in [-0.3, -0.25) is 0 Å². The molecule has 4 aliphatic rings. The SMILES string of the molecule is CC1(C)c2cc(-c3cc(-c4ccccc4)cc(-c4cc5ccc6c(c5c5c4CCC=C5)C4=C(C=CCC4)CC6)c3)ccc2-c2ccc(-c3ccc4ccccc4c3)cc21. The Morgan fingerprint density at radius 2 is 1.07 bits per heavy atom. The third kappa shape index (κ3) is 5.50. The molecule has 0 radical (unpaired) electrons. The Hall–Kier alpha value is -6.50. The zero-order valence-corrected chi connectivity index (χ0v) is 33.9. The van der Waals surface area contributed by atoms with Gasteiger partial charge in [-0.05, 0) is 203 Å². The summed E-state index contributed by atoms with van der Waals surface area (Å²) < 4.78 is 0. The lowest BCUT2D eigenvalue weighted by atomic mass is 9.76. The second-order valence-electron chi connectivity index (χ2n) is 17.8. The minimum atomic E-state index is -0.139. The van der Waals surface area contributed by atoms with Crippen LogP contribution in [0, 0.1) is 0 Å². The Morgan fingerprint density at radius 3 is 1.88 bits per heavy atom. The topological polar surface area (TPSA) is 0 Å². The summed E-state index contributed by atoms with van der Waals surface area (Å²) in [5, 5.41) is 5.40. The van der Waals surface area contributed by atoms with Crippen molar-refractivity contribution < 1.29 is 0 Å². The molecule has 0 aliphatic heterocycles. The highest BCUT2D eigenvalue weighted by molar-refractivity contribution is 6.06. The normalized spacial score (nSPS) is 15.8. The van der Waals surface area contributed by atoms with Crippen LogP contribution < -0.4 is 0 Å². The summed E-state index contributed by atoms with van der Waals surface area (Å²) in [7, 11) is 0. The van der Waals surface area contributed by atoms with Gasteiger partial charge in [0.1, 0.15) is 0 Å². The van der Waals surface area contributed by atoms with Crippen LogP contribution in [0.3, 0.4) is 0 Å².